The molecule has 3 rings (SSSR count). The van der Waals surface area contributed by atoms with Gasteiger partial charge in [-0.25, -0.2) is 4.98 Å². The lowest BCUT2D eigenvalue weighted by molar-refractivity contribution is 0.276. The summed E-state index contributed by atoms with van der Waals surface area (Å²) in [4.78, 5) is 4.35. The molecule has 2 atom stereocenters. The number of nitrogens with zero attached hydrogens (tertiary/aromatic N) is 2. The first-order valence-electron chi connectivity index (χ1n) is 5.68. The summed E-state index contributed by atoms with van der Waals surface area (Å²) < 4.78 is 10.9. The largest absolute Gasteiger partial charge is 0.492 e. The fourth-order valence-electron chi connectivity index (χ4n) is 1.93. The van der Waals surface area contributed by atoms with Gasteiger partial charge in [0.05, 0.1) is 5.25 Å². The molecule has 6 heteroatoms. The average Bonchev–Trinajstić information content (AvgIpc) is 2.79. The summed E-state index contributed by atoms with van der Waals surface area (Å²) in [7, 11) is 0. The maximum atomic E-state index is 6.30. The Morgan fingerprint density at radius 2 is 2.28 bits per heavy atom. The van der Waals surface area contributed by atoms with Crippen LogP contribution in [0, 0.1) is 6.92 Å². The fraction of sp³-hybridized carbons (Fsp3) is 0.333. The van der Waals surface area contributed by atoms with E-state index in [9.17, 15) is 0 Å². The van der Waals surface area contributed by atoms with E-state index in [1.807, 2.05) is 31.2 Å². The van der Waals surface area contributed by atoms with Crippen molar-refractivity contribution in [2.24, 2.45) is 5.73 Å². The molecular weight excluding hydrogens is 266 g/mol. The van der Waals surface area contributed by atoms with Crippen molar-refractivity contribution in [3.8, 4) is 5.75 Å². The van der Waals surface area contributed by atoms with Crippen LogP contribution in [0.4, 0.5) is 0 Å². The van der Waals surface area contributed by atoms with Crippen LogP contribution in [0.5, 0.6) is 5.75 Å². The zero-order valence-corrected chi connectivity index (χ0v) is 11.5. The lowest BCUT2D eigenvalue weighted by Crippen LogP contribution is -2.33. The minimum atomic E-state index is -0.0239. The molecule has 0 aliphatic carbocycles. The number of para-hydroxylation sites is 1. The third-order valence-electron chi connectivity index (χ3n) is 2.84. The molecule has 2 unspecified atom stereocenters. The van der Waals surface area contributed by atoms with Gasteiger partial charge in [-0.1, -0.05) is 30.0 Å². The maximum Gasteiger partial charge on any atom is 0.170 e. The van der Waals surface area contributed by atoms with Gasteiger partial charge in [0.15, 0.2) is 4.34 Å². The van der Waals surface area contributed by atoms with Gasteiger partial charge in [0.25, 0.3) is 0 Å². The van der Waals surface area contributed by atoms with E-state index >= 15 is 0 Å². The molecule has 2 aromatic rings. The molecule has 2 heterocycles. The lowest BCUT2D eigenvalue weighted by atomic mass is 10.0. The fourth-order valence-corrected chi connectivity index (χ4v) is 3.88. The summed E-state index contributed by atoms with van der Waals surface area (Å²) in [6.07, 6.45) is 0. The van der Waals surface area contributed by atoms with Crippen LogP contribution in [-0.4, -0.2) is 21.2 Å². The van der Waals surface area contributed by atoms with Crippen molar-refractivity contribution in [2.45, 2.75) is 22.6 Å². The van der Waals surface area contributed by atoms with Gasteiger partial charge in [-0.2, -0.15) is 4.37 Å². The van der Waals surface area contributed by atoms with E-state index in [0.717, 1.165) is 21.5 Å². The summed E-state index contributed by atoms with van der Waals surface area (Å²) in [5, 5.41) is 0.187. The summed E-state index contributed by atoms with van der Waals surface area (Å²) >= 11 is 3.07. The van der Waals surface area contributed by atoms with Crippen LogP contribution < -0.4 is 10.5 Å². The van der Waals surface area contributed by atoms with E-state index in [-0.39, 0.29) is 11.3 Å². The van der Waals surface area contributed by atoms with Crippen LogP contribution in [0.15, 0.2) is 28.6 Å². The predicted octanol–water partition coefficient (Wildman–Crippen LogP) is 2.40. The van der Waals surface area contributed by atoms with Crippen molar-refractivity contribution in [3.05, 3.63) is 35.7 Å². The van der Waals surface area contributed by atoms with Crippen molar-refractivity contribution >= 4 is 23.3 Å². The van der Waals surface area contributed by atoms with E-state index in [2.05, 4.69) is 9.36 Å². The zero-order valence-electron chi connectivity index (χ0n) is 9.87. The Labute approximate surface area is 114 Å². The molecule has 0 saturated carbocycles. The van der Waals surface area contributed by atoms with Gasteiger partial charge < -0.3 is 10.5 Å². The van der Waals surface area contributed by atoms with Crippen LogP contribution >= 0.6 is 23.3 Å². The molecule has 1 aromatic carbocycles. The van der Waals surface area contributed by atoms with Crippen LogP contribution in [0.25, 0.3) is 0 Å². The van der Waals surface area contributed by atoms with Crippen LogP contribution in [0.2, 0.25) is 0 Å². The first-order valence-corrected chi connectivity index (χ1v) is 7.33. The SMILES string of the molecule is Cc1nsc(SC2COc3ccccc3C2N)n1. The second-order valence-electron chi connectivity index (χ2n) is 4.14. The number of nitrogens with two attached hydrogens (primary N) is 1. The van der Waals surface area contributed by atoms with E-state index in [1.54, 1.807) is 11.8 Å². The molecule has 1 aliphatic rings. The van der Waals surface area contributed by atoms with Gasteiger partial charge in [0.2, 0.25) is 0 Å². The Morgan fingerprint density at radius 3 is 3.06 bits per heavy atom. The quantitative estimate of drug-likeness (QED) is 0.914. The monoisotopic (exact) mass is 279 g/mol. The number of ether oxygens (including phenoxy) is 1. The highest BCUT2D eigenvalue weighted by molar-refractivity contribution is 8.01. The maximum absolute atomic E-state index is 6.30. The van der Waals surface area contributed by atoms with Gasteiger partial charge >= 0.3 is 0 Å². The van der Waals surface area contributed by atoms with Crippen molar-refractivity contribution in [3.63, 3.8) is 0 Å². The standard InChI is InChI=1S/C12H13N3OS2/c1-7-14-12(18-15-7)17-10-6-16-9-5-3-2-4-8(9)11(10)13/h2-5,10-11H,6,13H2,1H3. The van der Waals surface area contributed by atoms with Gasteiger partial charge in [-0.15, -0.1) is 0 Å². The number of fused-ring (bicyclic) bond motifs is 1. The van der Waals surface area contributed by atoms with Crippen LogP contribution in [-0.2, 0) is 0 Å². The second-order valence-corrected chi connectivity index (χ2v) is 6.38. The Balaban J connectivity index is 1.80. The van der Waals surface area contributed by atoms with E-state index < -0.39 is 0 Å². The highest BCUT2D eigenvalue weighted by Crippen LogP contribution is 2.38. The summed E-state index contributed by atoms with van der Waals surface area (Å²) in [5.74, 6) is 1.71. The number of aryl methyl sites for hydroxylation is 1. The summed E-state index contributed by atoms with van der Waals surface area (Å²) in [6, 6.07) is 7.92. The van der Waals surface area contributed by atoms with Gasteiger partial charge in [-0.3, -0.25) is 0 Å². The molecule has 0 saturated heterocycles. The van der Waals surface area contributed by atoms with E-state index in [4.69, 9.17) is 10.5 Å². The Kier molecular flexibility index (Phi) is 3.23. The molecule has 0 bridgehead atoms. The zero-order chi connectivity index (χ0) is 12.5. The highest BCUT2D eigenvalue weighted by Gasteiger charge is 2.29. The van der Waals surface area contributed by atoms with Crippen LogP contribution in [0.3, 0.4) is 0 Å². The van der Waals surface area contributed by atoms with Gasteiger partial charge in [0, 0.05) is 11.6 Å². The van der Waals surface area contributed by atoms with Gasteiger partial charge in [0.1, 0.15) is 18.2 Å². The summed E-state index contributed by atoms with van der Waals surface area (Å²) in [5.41, 5.74) is 7.37. The second kappa shape index (κ2) is 4.87. The molecule has 1 aromatic heterocycles. The molecule has 2 N–H and O–H groups in total. The highest BCUT2D eigenvalue weighted by atomic mass is 32.2. The summed E-state index contributed by atoms with van der Waals surface area (Å²) in [6.45, 7) is 2.51. The molecule has 94 valence electrons. The van der Waals surface area contributed by atoms with Crippen molar-refractivity contribution in [1.82, 2.24) is 9.36 Å². The third-order valence-corrected chi connectivity index (χ3v) is 4.98. The first-order chi connectivity index (χ1) is 8.74. The van der Waals surface area contributed by atoms with Crippen molar-refractivity contribution in [2.75, 3.05) is 6.61 Å². The molecule has 0 amide bonds. The molecule has 0 fully saturated rings. The normalized spacial score (nSPS) is 22.3. The number of benzene rings is 1. The molecule has 1 aliphatic heterocycles. The first kappa shape index (κ1) is 12.0. The van der Waals surface area contributed by atoms with E-state index in [1.165, 1.54) is 11.5 Å². The molecule has 4 nitrogen and oxygen atoms in total. The molecule has 18 heavy (non-hydrogen) atoms. The predicted molar refractivity (Wildman–Crippen MR) is 73.2 cm³/mol. The minimum Gasteiger partial charge on any atom is -0.492 e. The average molecular weight is 279 g/mol. The minimum absolute atomic E-state index is 0.0239. The van der Waals surface area contributed by atoms with E-state index in [0.29, 0.717) is 6.61 Å². The Morgan fingerprint density at radius 1 is 1.44 bits per heavy atom. The van der Waals surface area contributed by atoms with Crippen molar-refractivity contribution in [1.29, 1.82) is 0 Å². The Bertz CT molecular complexity index is 558. The van der Waals surface area contributed by atoms with Crippen molar-refractivity contribution < 1.29 is 4.74 Å². The topological polar surface area (TPSA) is 61.0 Å². The molecule has 0 radical (unpaired) electrons. The number of hydrogen-bond acceptors (Lipinski definition) is 6. The number of rotatable bonds is 2. The number of aromatic nitrogens is 2. The van der Waals surface area contributed by atoms with Gasteiger partial charge in [-0.05, 0) is 24.5 Å². The number of hydrogen-bond donors (Lipinski definition) is 1. The Hall–Kier alpha value is -1.11. The molecular formula is C12H13N3OS2. The molecule has 0 spiro atoms. The lowest BCUT2D eigenvalue weighted by Gasteiger charge is -2.29. The van der Waals surface area contributed by atoms with Crippen LogP contribution in [0.1, 0.15) is 17.4 Å². The smallest absolute Gasteiger partial charge is 0.170 e. The number of thioether (sulfide) groups is 1. The third kappa shape index (κ3) is 2.23.